The van der Waals surface area contributed by atoms with E-state index in [0.29, 0.717) is 5.69 Å². The fourth-order valence-electron chi connectivity index (χ4n) is 1.13. The van der Waals surface area contributed by atoms with Gasteiger partial charge < -0.3 is 12.4 Å². The van der Waals surface area contributed by atoms with Crippen LogP contribution >= 0.6 is 0 Å². The van der Waals surface area contributed by atoms with Crippen LogP contribution in [0.1, 0.15) is 0 Å². The van der Waals surface area contributed by atoms with E-state index in [0.717, 1.165) is 10.9 Å². The second-order valence-electron chi connectivity index (χ2n) is 2.48. The predicted octanol–water partition coefficient (Wildman–Crippen LogP) is -0.277. The Hall–Kier alpha value is -1.66. The molecule has 1 aromatic carbocycles. The van der Waals surface area contributed by atoms with Crippen molar-refractivity contribution in [3.8, 4) is 0 Å². The van der Waals surface area contributed by atoms with Gasteiger partial charge >= 0.3 is 5.69 Å². The van der Waals surface area contributed by atoms with Gasteiger partial charge in [-0.25, -0.2) is 0 Å². The molecule has 0 radical (unpaired) electrons. The van der Waals surface area contributed by atoms with Gasteiger partial charge in [0.1, 0.15) is 0 Å². The highest BCUT2D eigenvalue weighted by Crippen LogP contribution is 2.18. The first-order valence-corrected chi connectivity index (χ1v) is 3.60. The van der Waals surface area contributed by atoms with E-state index in [9.17, 15) is 0 Å². The van der Waals surface area contributed by atoms with Gasteiger partial charge in [-0.15, -0.1) is 0 Å². The molecule has 0 atom stereocenters. The van der Waals surface area contributed by atoms with Crippen LogP contribution in [0.2, 0.25) is 0 Å². The van der Waals surface area contributed by atoms with Crippen molar-refractivity contribution < 1.29 is 12.4 Å². The molecule has 3 nitrogen and oxygen atoms in total. The molecule has 64 valence electrons. The zero-order chi connectivity index (χ0) is 8.39. The summed E-state index contributed by atoms with van der Waals surface area (Å²) in [4.78, 5) is 7.23. The molecular weight excluding hydrogens is 186 g/mol. The molecule has 4 heteroatoms. The highest BCUT2D eigenvalue weighted by molar-refractivity contribution is 5.82. The minimum atomic E-state index is 0. The topological polar surface area (TPSA) is 41.0 Å². The third kappa shape index (κ3) is 1.74. The quantitative estimate of drug-likeness (QED) is 0.538. The normalized spacial score (nSPS) is 8.85. The van der Waals surface area contributed by atoms with Gasteiger partial charge in [0, 0.05) is 23.7 Å². The molecule has 0 aliphatic rings. The number of pyridine rings is 1. The molecule has 0 N–H and O–H groups in total. The smallest absolute Gasteiger partial charge is 0.385 e. The van der Waals surface area contributed by atoms with Crippen LogP contribution in [0, 0.1) is 5.39 Å². The van der Waals surface area contributed by atoms with Gasteiger partial charge in [0.05, 0.1) is 5.52 Å². The number of hydrogen-bond acceptors (Lipinski definition) is 2. The molecule has 0 bridgehead atoms. The zero-order valence-electron chi connectivity index (χ0n) is 6.68. The van der Waals surface area contributed by atoms with Gasteiger partial charge in [0.2, 0.25) is 5.39 Å². The predicted molar refractivity (Wildman–Crippen MR) is 46.5 cm³/mol. The van der Waals surface area contributed by atoms with Gasteiger partial charge in [-0.1, -0.05) is 6.07 Å². The lowest BCUT2D eigenvalue weighted by Crippen LogP contribution is -3.00. The van der Waals surface area contributed by atoms with E-state index in [1.807, 2.05) is 18.2 Å². The van der Waals surface area contributed by atoms with Crippen molar-refractivity contribution >= 4 is 16.6 Å². The lowest BCUT2D eigenvalue weighted by Gasteiger charge is -1.90. The summed E-state index contributed by atoms with van der Waals surface area (Å²) in [6, 6.07) is 9.10. The maximum Gasteiger partial charge on any atom is 0.385 e. The Balaban J connectivity index is 0.000000845. The second-order valence-corrected chi connectivity index (χ2v) is 2.48. The molecule has 0 saturated carbocycles. The molecule has 0 aliphatic heterocycles. The van der Waals surface area contributed by atoms with Crippen molar-refractivity contribution in [2.24, 2.45) is 0 Å². The molecule has 1 heterocycles. The standard InChI is InChI=1S/C9H6N3.ClH/c10-12-8-3-4-9-7(6-8)2-1-5-11-9;/h1-6H;1H/q+1;/p-1. The number of diazo groups is 1. The van der Waals surface area contributed by atoms with Crippen LogP contribution in [0.4, 0.5) is 5.69 Å². The number of fused-ring (bicyclic) bond motifs is 1. The van der Waals surface area contributed by atoms with E-state index in [2.05, 4.69) is 9.96 Å². The summed E-state index contributed by atoms with van der Waals surface area (Å²) < 4.78 is 0. The summed E-state index contributed by atoms with van der Waals surface area (Å²) in [5.74, 6) is 0. The molecule has 0 saturated heterocycles. The van der Waals surface area contributed by atoms with Gasteiger partial charge in [-0.3, -0.25) is 4.98 Å². The minimum absolute atomic E-state index is 0. The monoisotopic (exact) mass is 191 g/mol. The Morgan fingerprint density at radius 2 is 2.08 bits per heavy atom. The minimum Gasteiger partial charge on any atom is -1.00 e. The van der Waals surface area contributed by atoms with Gasteiger partial charge in [0.25, 0.3) is 0 Å². The molecule has 13 heavy (non-hydrogen) atoms. The first-order chi connectivity index (χ1) is 5.90. The van der Waals surface area contributed by atoms with E-state index >= 15 is 0 Å². The molecule has 0 spiro atoms. The van der Waals surface area contributed by atoms with Crippen molar-refractivity contribution in [3.63, 3.8) is 0 Å². The summed E-state index contributed by atoms with van der Waals surface area (Å²) in [6.07, 6.45) is 1.73. The first kappa shape index (κ1) is 9.43. The highest BCUT2D eigenvalue weighted by atomic mass is 35.5. The number of nitrogens with zero attached hydrogens (tertiary/aromatic N) is 3. The summed E-state index contributed by atoms with van der Waals surface area (Å²) in [6.45, 7) is 0. The lowest BCUT2D eigenvalue weighted by molar-refractivity contribution is -0.00000265. The average molecular weight is 192 g/mol. The summed E-state index contributed by atoms with van der Waals surface area (Å²) in [5, 5.41) is 9.48. The van der Waals surface area contributed by atoms with Crippen molar-refractivity contribution in [1.29, 1.82) is 5.39 Å². The highest BCUT2D eigenvalue weighted by Gasteiger charge is 2.03. The van der Waals surface area contributed by atoms with E-state index in [4.69, 9.17) is 5.39 Å². The van der Waals surface area contributed by atoms with Gasteiger partial charge in [-0.2, -0.15) is 0 Å². The molecule has 1 aromatic heterocycles. The van der Waals surface area contributed by atoms with E-state index in [-0.39, 0.29) is 12.4 Å². The van der Waals surface area contributed by atoms with Crippen molar-refractivity contribution in [2.45, 2.75) is 0 Å². The molecule has 0 aliphatic carbocycles. The molecular formula is C9H6ClN3. The maximum absolute atomic E-state index is 8.50. The zero-order valence-corrected chi connectivity index (χ0v) is 7.44. The summed E-state index contributed by atoms with van der Waals surface area (Å²) in [7, 11) is 0. The maximum atomic E-state index is 8.50. The largest absolute Gasteiger partial charge is 1.00 e. The van der Waals surface area contributed by atoms with E-state index < -0.39 is 0 Å². The van der Waals surface area contributed by atoms with Gasteiger partial charge in [0.15, 0.2) is 4.98 Å². The van der Waals surface area contributed by atoms with Crippen LogP contribution in [0.25, 0.3) is 15.9 Å². The lowest BCUT2D eigenvalue weighted by atomic mass is 10.2. The van der Waals surface area contributed by atoms with Crippen molar-refractivity contribution in [1.82, 2.24) is 4.98 Å². The summed E-state index contributed by atoms with van der Waals surface area (Å²) >= 11 is 0. The molecule has 2 rings (SSSR count). The molecule has 0 fully saturated rings. The third-order valence-electron chi connectivity index (χ3n) is 1.70. The van der Waals surface area contributed by atoms with Crippen LogP contribution in [0.5, 0.6) is 0 Å². The Morgan fingerprint density at radius 3 is 2.85 bits per heavy atom. The van der Waals surface area contributed by atoms with E-state index in [1.165, 1.54) is 0 Å². The number of rotatable bonds is 0. The van der Waals surface area contributed by atoms with Crippen molar-refractivity contribution in [3.05, 3.63) is 41.5 Å². The summed E-state index contributed by atoms with van der Waals surface area (Å²) in [5.41, 5.74) is 1.46. The fraction of sp³-hybridized carbons (Fsp3) is 0. The number of hydrogen-bond donors (Lipinski definition) is 0. The van der Waals surface area contributed by atoms with Crippen LogP contribution in [-0.2, 0) is 0 Å². The fourth-order valence-corrected chi connectivity index (χ4v) is 1.13. The number of aromatic nitrogens is 1. The van der Waals surface area contributed by atoms with Crippen LogP contribution in [0.3, 0.4) is 0 Å². The van der Waals surface area contributed by atoms with Crippen LogP contribution < -0.4 is 12.4 Å². The third-order valence-corrected chi connectivity index (χ3v) is 1.70. The number of halogens is 1. The van der Waals surface area contributed by atoms with E-state index in [1.54, 1.807) is 18.3 Å². The Bertz CT molecular complexity index is 462. The second kappa shape index (κ2) is 3.83. The Labute approximate surface area is 81.4 Å². The Kier molecular flexibility index (Phi) is 2.78. The average Bonchev–Trinajstić information content (AvgIpc) is 2.17. The molecule has 0 amide bonds. The number of benzene rings is 1. The Morgan fingerprint density at radius 1 is 1.23 bits per heavy atom. The van der Waals surface area contributed by atoms with Crippen LogP contribution in [0.15, 0.2) is 36.5 Å². The van der Waals surface area contributed by atoms with Crippen molar-refractivity contribution in [2.75, 3.05) is 0 Å². The van der Waals surface area contributed by atoms with Gasteiger partial charge in [-0.05, 0) is 12.1 Å². The molecule has 0 unspecified atom stereocenters. The SMILES string of the molecule is N#[N+]c1ccc2ncccc2c1.[Cl-]. The van der Waals surface area contributed by atoms with Crippen LogP contribution in [-0.4, -0.2) is 4.98 Å². The molecule has 2 aromatic rings. The first-order valence-electron chi connectivity index (χ1n) is 3.60.